The van der Waals surface area contributed by atoms with E-state index < -0.39 is 16.8 Å². The van der Waals surface area contributed by atoms with Crippen molar-refractivity contribution in [1.29, 1.82) is 0 Å². The third-order valence-electron chi connectivity index (χ3n) is 1.68. The average molecular weight is 252 g/mol. The molecule has 0 aromatic rings. The third kappa shape index (κ3) is 23.3. The Kier molecular flexibility index (Phi) is 21.9. The summed E-state index contributed by atoms with van der Waals surface area (Å²) in [5.41, 5.74) is 8.50. The molecule has 1 fully saturated rings. The van der Waals surface area contributed by atoms with E-state index in [4.69, 9.17) is 4.79 Å². The molecule has 0 spiro atoms. The van der Waals surface area contributed by atoms with Crippen LogP contribution in [0, 0.1) is 5.92 Å². The molecule has 0 saturated carbocycles. The van der Waals surface area contributed by atoms with E-state index in [1.165, 1.54) is 12.8 Å². The summed E-state index contributed by atoms with van der Waals surface area (Å²) in [4.78, 5) is 9.00. The van der Waals surface area contributed by atoms with Gasteiger partial charge in [0, 0.05) is 22.3 Å². The summed E-state index contributed by atoms with van der Waals surface area (Å²) >= 11 is 0. The summed E-state index contributed by atoms with van der Waals surface area (Å²) in [5, 5.41) is 0. The van der Waals surface area contributed by atoms with E-state index in [2.05, 4.69) is 18.4 Å². The SMILES string of the molecule is CC.CC.CC1CCS(=O)CC1.NC(N)=O. The van der Waals surface area contributed by atoms with Crippen LogP contribution in [-0.4, -0.2) is 21.7 Å². The molecule has 100 valence electrons. The van der Waals surface area contributed by atoms with E-state index in [9.17, 15) is 4.21 Å². The highest BCUT2D eigenvalue weighted by atomic mass is 32.2. The summed E-state index contributed by atoms with van der Waals surface area (Å²) < 4.78 is 10.7. The first-order chi connectivity index (χ1) is 7.52. The molecule has 2 amide bonds. The number of rotatable bonds is 0. The molecule has 0 atom stereocenters. The Bertz CT molecular complexity index is 161. The normalized spacial score (nSPS) is 22.1. The van der Waals surface area contributed by atoms with Crippen LogP contribution in [0.1, 0.15) is 47.5 Å². The highest BCUT2D eigenvalue weighted by Gasteiger charge is 2.12. The Hall–Kier alpha value is -0.580. The van der Waals surface area contributed by atoms with E-state index >= 15 is 0 Å². The molecule has 0 aromatic heterocycles. The van der Waals surface area contributed by atoms with Crippen molar-refractivity contribution in [3.05, 3.63) is 0 Å². The summed E-state index contributed by atoms with van der Waals surface area (Å²) in [5.74, 6) is 2.72. The fourth-order valence-electron chi connectivity index (χ4n) is 0.912. The quantitative estimate of drug-likeness (QED) is 0.692. The van der Waals surface area contributed by atoms with Crippen LogP contribution in [0.4, 0.5) is 4.79 Å². The van der Waals surface area contributed by atoms with Crippen LogP contribution in [0.5, 0.6) is 0 Å². The van der Waals surface area contributed by atoms with Gasteiger partial charge in [-0.25, -0.2) is 4.79 Å². The highest BCUT2D eigenvalue weighted by molar-refractivity contribution is 7.85. The van der Waals surface area contributed by atoms with Gasteiger partial charge in [-0.1, -0.05) is 34.6 Å². The number of amides is 2. The molecule has 1 saturated heterocycles. The maximum atomic E-state index is 10.7. The summed E-state index contributed by atoms with van der Waals surface area (Å²) in [6.07, 6.45) is 2.35. The van der Waals surface area contributed by atoms with Crippen molar-refractivity contribution in [3.63, 3.8) is 0 Å². The van der Waals surface area contributed by atoms with Crippen molar-refractivity contribution < 1.29 is 9.00 Å². The molecule has 4 N–H and O–H groups in total. The van der Waals surface area contributed by atoms with Gasteiger partial charge in [0.15, 0.2) is 0 Å². The van der Waals surface area contributed by atoms with Gasteiger partial charge in [0.05, 0.1) is 0 Å². The maximum absolute atomic E-state index is 10.7. The minimum absolute atomic E-state index is 0.461. The Morgan fingerprint density at radius 2 is 1.31 bits per heavy atom. The number of hydrogen-bond donors (Lipinski definition) is 2. The Labute approximate surface area is 103 Å². The smallest absolute Gasteiger partial charge is 0.309 e. The van der Waals surface area contributed by atoms with Gasteiger partial charge in [0.1, 0.15) is 0 Å². The van der Waals surface area contributed by atoms with Crippen LogP contribution in [-0.2, 0) is 10.8 Å². The van der Waals surface area contributed by atoms with E-state index in [0.29, 0.717) is 0 Å². The number of urea groups is 1. The van der Waals surface area contributed by atoms with Gasteiger partial charge in [-0.2, -0.15) is 0 Å². The Morgan fingerprint density at radius 3 is 1.50 bits per heavy atom. The molecule has 5 heteroatoms. The van der Waals surface area contributed by atoms with Crippen molar-refractivity contribution in [2.75, 3.05) is 11.5 Å². The van der Waals surface area contributed by atoms with Crippen LogP contribution < -0.4 is 11.5 Å². The van der Waals surface area contributed by atoms with E-state index in [-0.39, 0.29) is 0 Å². The lowest BCUT2D eigenvalue weighted by Crippen LogP contribution is -2.18. The molecule has 1 aliphatic heterocycles. The largest absolute Gasteiger partial charge is 0.352 e. The summed E-state index contributed by atoms with van der Waals surface area (Å²) in [6.45, 7) is 10.2. The molecule has 4 nitrogen and oxygen atoms in total. The number of carbonyl (C=O) groups is 1. The summed E-state index contributed by atoms with van der Waals surface area (Å²) in [6, 6.07) is -0.833. The summed E-state index contributed by atoms with van der Waals surface area (Å²) in [7, 11) is -0.461. The Balaban J connectivity index is -0.000000181. The minimum Gasteiger partial charge on any atom is -0.352 e. The second-order valence-electron chi connectivity index (χ2n) is 2.93. The van der Waals surface area contributed by atoms with Gasteiger partial charge in [-0.3, -0.25) is 4.21 Å². The lowest BCUT2D eigenvalue weighted by Gasteiger charge is -2.15. The lowest BCUT2D eigenvalue weighted by molar-refractivity contribution is 0.256. The molecule has 1 aliphatic rings. The van der Waals surface area contributed by atoms with Gasteiger partial charge < -0.3 is 11.5 Å². The number of hydrogen-bond acceptors (Lipinski definition) is 2. The van der Waals surface area contributed by atoms with Crippen molar-refractivity contribution in [2.45, 2.75) is 47.5 Å². The maximum Gasteiger partial charge on any atom is 0.309 e. The molecule has 16 heavy (non-hydrogen) atoms. The van der Waals surface area contributed by atoms with Gasteiger partial charge in [-0.05, 0) is 18.8 Å². The predicted octanol–water partition coefficient (Wildman–Crippen LogP) is 2.24. The number of nitrogens with two attached hydrogens (primary N) is 2. The molecule has 0 unspecified atom stereocenters. The second-order valence-corrected chi connectivity index (χ2v) is 4.63. The van der Waals surface area contributed by atoms with Crippen LogP contribution >= 0.6 is 0 Å². The Morgan fingerprint density at radius 1 is 1.06 bits per heavy atom. The van der Waals surface area contributed by atoms with Crippen LogP contribution in [0.15, 0.2) is 0 Å². The molecular formula is C11H28N2O2S. The third-order valence-corrected chi connectivity index (χ3v) is 3.06. The standard InChI is InChI=1S/C6H12OS.2C2H6.CH4N2O/c1-6-2-4-8(7)5-3-6;2*1-2;2-1(3)4/h6H,2-5H2,1H3;2*1-2H3;(H4,2,3,4). The van der Waals surface area contributed by atoms with Crippen molar-refractivity contribution in [3.8, 4) is 0 Å². The van der Waals surface area contributed by atoms with Crippen molar-refractivity contribution in [1.82, 2.24) is 0 Å². The van der Waals surface area contributed by atoms with Crippen LogP contribution in [0.2, 0.25) is 0 Å². The molecule has 1 heterocycles. The first-order valence-electron chi connectivity index (χ1n) is 5.92. The van der Waals surface area contributed by atoms with Gasteiger partial charge >= 0.3 is 6.03 Å². The fraction of sp³-hybridized carbons (Fsp3) is 0.909. The molecule has 0 bridgehead atoms. The molecular weight excluding hydrogens is 224 g/mol. The first-order valence-corrected chi connectivity index (χ1v) is 7.41. The monoisotopic (exact) mass is 252 g/mol. The van der Waals surface area contributed by atoms with Gasteiger partial charge in [-0.15, -0.1) is 0 Å². The zero-order valence-corrected chi connectivity index (χ0v) is 12.1. The second kappa shape index (κ2) is 16.8. The van der Waals surface area contributed by atoms with E-state index in [1.807, 2.05) is 27.7 Å². The van der Waals surface area contributed by atoms with Crippen molar-refractivity contribution >= 4 is 16.8 Å². The molecule has 1 rings (SSSR count). The molecule has 0 aliphatic carbocycles. The van der Waals surface area contributed by atoms with Gasteiger partial charge in [0.25, 0.3) is 0 Å². The van der Waals surface area contributed by atoms with E-state index in [0.717, 1.165) is 17.4 Å². The topological polar surface area (TPSA) is 86.2 Å². The van der Waals surface area contributed by atoms with Crippen LogP contribution in [0.3, 0.4) is 0 Å². The van der Waals surface area contributed by atoms with E-state index in [1.54, 1.807) is 0 Å². The predicted molar refractivity (Wildman–Crippen MR) is 72.7 cm³/mol. The van der Waals surface area contributed by atoms with Crippen LogP contribution in [0.25, 0.3) is 0 Å². The number of primary amides is 2. The first kappa shape index (κ1) is 20.8. The highest BCUT2D eigenvalue weighted by Crippen LogP contribution is 2.14. The lowest BCUT2D eigenvalue weighted by atomic mass is 10.1. The fourth-order valence-corrected chi connectivity index (χ4v) is 2.45. The van der Waals surface area contributed by atoms with Crippen molar-refractivity contribution in [2.24, 2.45) is 17.4 Å². The average Bonchev–Trinajstić information content (AvgIpc) is 2.27. The zero-order valence-electron chi connectivity index (χ0n) is 11.3. The number of carbonyl (C=O) groups excluding carboxylic acids is 1. The molecule has 0 radical (unpaired) electrons. The minimum atomic E-state index is -0.833. The van der Waals surface area contributed by atoms with Gasteiger partial charge in [0.2, 0.25) is 0 Å². The zero-order chi connectivity index (χ0) is 13.6. The molecule has 0 aromatic carbocycles.